The van der Waals surface area contributed by atoms with Gasteiger partial charge in [0.05, 0.1) is 0 Å². The SMILES string of the molecule is O=C(NC1CCCCC1)NC(Cc1ccccc1)C(=O)N1CCc2ccccc21. The first kappa shape index (κ1) is 19.5. The van der Waals surface area contributed by atoms with Gasteiger partial charge in [0.15, 0.2) is 0 Å². The average Bonchev–Trinajstić information content (AvgIpc) is 3.18. The fourth-order valence-electron chi connectivity index (χ4n) is 4.44. The van der Waals surface area contributed by atoms with Gasteiger partial charge in [0.25, 0.3) is 0 Å². The van der Waals surface area contributed by atoms with E-state index in [4.69, 9.17) is 0 Å². The van der Waals surface area contributed by atoms with Crippen LogP contribution in [0.3, 0.4) is 0 Å². The molecule has 0 bridgehead atoms. The van der Waals surface area contributed by atoms with Crippen molar-refractivity contribution in [2.24, 2.45) is 0 Å². The van der Waals surface area contributed by atoms with Crippen molar-refractivity contribution in [1.29, 1.82) is 0 Å². The molecule has 2 N–H and O–H groups in total. The van der Waals surface area contributed by atoms with E-state index in [0.29, 0.717) is 13.0 Å². The Balaban J connectivity index is 1.49. The molecule has 5 heteroatoms. The molecule has 2 aromatic rings. The van der Waals surface area contributed by atoms with E-state index in [-0.39, 0.29) is 18.0 Å². The lowest BCUT2D eigenvalue weighted by atomic mass is 9.96. The third kappa shape index (κ3) is 4.78. The molecular formula is C24H29N3O2. The zero-order valence-corrected chi connectivity index (χ0v) is 16.8. The molecule has 2 aliphatic rings. The first-order valence-corrected chi connectivity index (χ1v) is 10.7. The Bertz CT molecular complexity index is 846. The minimum Gasteiger partial charge on any atom is -0.335 e. The van der Waals surface area contributed by atoms with Gasteiger partial charge in [-0.05, 0) is 36.5 Å². The molecule has 5 nitrogen and oxygen atoms in total. The molecule has 1 aliphatic heterocycles. The van der Waals surface area contributed by atoms with Crippen LogP contribution in [0.2, 0.25) is 0 Å². The minimum atomic E-state index is -0.591. The number of nitrogens with one attached hydrogen (secondary N) is 2. The number of para-hydroxylation sites is 1. The summed E-state index contributed by atoms with van der Waals surface area (Å²) in [5.41, 5.74) is 3.19. The molecule has 0 saturated heterocycles. The standard InChI is InChI=1S/C24H29N3O2/c28-23(27-16-15-19-11-7-8-14-22(19)27)21(17-18-9-3-1-4-10-18)26-24(29)25-20-12-5-2-6-13-20/h1,3-4,7-11,14,20-21H,2,5-6,12-13,15-17H2,(H2,25,26,29). The maximum atomic E-state index is 13.4. The lowest BCUT2D eigenvalue weighted by Crippen LogP contribution is -2.53. The quantitative estimate of drug-likeness (QED) is 0.814. The molecule has 3 amide bonds. The van der Waals surface area contributed by atoms with Gasteiger partial charge in [-0.25, -0.2) is 4.79 Å². The van der Waals surface area contributed by atoms with Crippen molar-refractivity contribution in [3.05, 3.63) is 65.7 Å². The van der Waals surface area contributed by atoms with E-state index < -0.39 is 6.04 Å². The molecule has 0 aromatic heterocycles. The van der Waals surface area contributed by atoms with Crippen LogP contribution in [0.4, 0.5) is 10.5 Å². The Kier molecular flexibility index (Phi) is 6.13. The van der Waals surface area contributed by atoms with Crippen LogP contribution in [0, 0.1) is 0 Å². The van der Waals surface area contributed by atoms with Gasteiger partial charge < -0.3 is 15.5 Å². The molecule has 4 rings (SSSR count). The molecule has 1 unspecified atom stereocenters. The topological polar surface area (TPSA) is 61.4 Å². The Morgan fingerprint density at radius 3 is 2.48 bits per heavy atom. The Morgan fingerprint density at radius 2 is 1.69 bits per heavy atom. The number of hydrogen-bond donors (Lipinski definition) is 2. The molecule has 1 fully saturated rings. The van der Waals surface area contributed by atoms with Crippen molar-refractivity contribution >= 4 is 17.6 Å². The summed E-state index contributed by atoms with van der Waals surface area (Å²) in [6.07, 6.45) is 6.92. The van der Waals surface area contributed by atoms with Gasteiger partial charge in [0.1, 0.15) is 6.04 Å². The lowest BCUT2D eigenvalue weighted by molar-refractivity contribution is -0.120. The largest absolute Gasteiger partial charge is 0.335 e. The molecule has 0 radical (unpaired) electrons. The summed E-state index contributed by atoms with van der Waals surface area (Å²) >= 11 is 0. The monoisotopic (exact) mass is 391 g/mol. The highest BCUT2D eigenvalue weighted by atomic mass is 16.2. The first-order chi connectivity index (χ1) is 14.2. The van der Waals surface area contributed by atoms with Gasteiger partial charge in [0, 0.05) is 24.7 Å². The van der Waals surface area contributed by atoms with E-state index in [1.165, 1.54) is 12.0 Å². The number of amides is 3. The average molecular weight is 392 g/mol. The Labute approximate surface area is 172 Å². The van der Waals surface area contributed by atoms with E-state index in [1.807, 2.05) is 53.4 Å². The van der Waals surface area contributed by atoms with Gasteiger partial charge >= 0.3 is 6.03 Å². The Morgan fingerprint density at radius 1 is 0.966 bits per heavy atom. The van der Waals surface area contributed by atoms with Crippen molar-refractivity contribution in [2.45, 2.75) is 57.0 Å². The number of carbonyl (C=O) groups is 2. The zero-order chi connectivity index (χ0) is 20.1. The first-order valence-electron chi connectivity index (χ1n) is 10.7. The van der Waals surface area contributed by atoms with Crippen LogP contribution in [0.1, 0.15) is 43.2 Å². The zero-order valence-electron chi connectivity index (χ0n) is 16.8. The van der Waals surface area contributed by atoms with Crippen LogP contribution in [-0.4, -0.2) is 30.6 Å². The second-order valence-electron chi connectivity index (χ2n) is 8.06. The van der Waals surface area contributed by atoms with Crippen LogP contribution >= 0.6 is 0 Å². The maximum absolute atomic E-state index is 13.4. The summed E-state index contributed by atoms with van der Waals surface area (Å²) < 4.78 is 0. The smallest absolute Gasteiger partial charge is 0.315 e. The molecule has 2 aromatic carbocycles. The number of hydrogen-bond acceptors (Lipinski definition) is 2. The van der Waals surface area contributed by atoms with Gasteiger partial charge in [0.2, 0.25) is 5.91 Å². The van der Waals surface area contributed by atoms with Gasteiger partial charge in [-0.1, -0.05) is 67.8 Å². The van der Waals surface area contributed by atoms with Crippen LogP contribution in [0.15, 0.2) is 54.6 Å². The number of nitrogens with zero attached hydrogens (tertiary/aromatic N) is 1. The highest BCUT2D eigenvalue weighted by Gasteiger charge is 2.31. The summed E-state index contributed by atoms with van der Waals surface area (Å²) in [7, 11) is 0. The van der Waals surface area contributed by atoms with E-state index in [1.54, 1.807) is 0 Å². The molecule has 1 atom stereocenters. The number of benzene rings is 2. The van der Waals surface area contributed by atoms with Crippen LogP contribution in [0.25, 0.3) is 0 Å². The molecular weight excluding hydrogens is 362 g/mol. The summed E-state index contributed by atoms with van der Waals surface area (Å²) in [6, 6.07) is 17.3. The van der Waals surface area contributed by atoms with E-state index in [0.717, 1.165) is 43.4 Å². The van der Waals surface area contributed by atoms with Crippen molar-refractivity contribution in [3.8, 4) is 0 Å². The third-order valence-electron chi connectivity index (χ3n) is 5.98. The summed E-state index contributed by atoms with van der Waals surface area (Å²) in [5.74, 6) is -0.0439. The second-order valence-corrected chi connectivity index (χ2v) is 8.06. The summed E-state index contributed by atoms with van der Waals surface area (Å²) in [4.78, 5) is 27.9. The van der Waals surface area contributed by atoms with Gasteiger partial charge in [-0.15, -0.1) is 0 Å². The highest BCUT2D eigenvalue weighted by molar-refractivity contribution is 6.00. The Hall–Kier alpha value is -2.82. The predicted molar refractivity (Wildman–Crippen MR) is 115 cm³/mol. The van der Waals surface area contributed by atoms with Crippen molar-refractivity contribution in [2.75, 3.05) is 11.4 Å². The normalized spacial score (nSPS) is 17.4. The van der Waals surface area contributed by atoms with Crippen LogP contribution in [0.5, 0.6) is 0 Å². The lowest BCUT2D eigenvalue weighted by Gasteiger charge is -2.27. The highest BCUT2D eigenvalue weighted by Crippen LogP contribution is 2.28. The molecule has 29 heavy (non-hydrogen) atoms. The second kappa shape index (κ2) is 9.12. The fraction of sp³-hybridized carbons (Fsp3) is 0.417. The van der Waals surface area contributed by atoms with Crippen LogP contribution in [-0.2, 0) is 17.6 Å². The van der Waals surface area contributed by atoms with Crippen LogP contribution < -0.4 is 15.5 Å². The van der Waals surface area contributed by atoms with E-state index >= 15 is 0 Å². The summed E-state index contributed by atoms with van der Waals surface area (Å²) in [5, 5.41) is 6.06. The van der Waals surface area contributed by atoms with Gasteiger partial charge in [-0.2, -0.15) is 0 Å². The van der Waals surface area contributed by atoms with E-state index in [9.17, 15) is 9.59 Å². The number of urea groups is 1. The fourth-order valence-corrected chi connectivity index (χ4v) is 4.44. The van der Waals surface area contributed by atoms with Crippen molar-refractivity contribution < 1.29 is 9.59 Å². The number of fused-ring (bicyclic) bond motifs is 1. The molecule has 1 heterocycles. The number of rotatable bonds is 5. The number of anilines is 1. The predicted octanol–water partition coefficient (Wildman–Crippen LogP) is 3.82. The summed E-state index contributed by atoms with van der Waals surface area (Å²) in [6.45, 7) is 0.662. The van der Waals surface area contributed by atoms with Gasteiger partial charge in [-0.3, -0.25) is 4.79 Å². The van der Waals surface area contributed by atoms with Crippen molar-refractivity contribution in [1.82, 2.24) is 10.6 Å². The maximum Gasteiger partial charge on any atom is 0.315 e. The minimum absolute atomic E-state index is 0.0439. The molecule has 1 saturated carbocycles. The molecule has 1 aliphatic carbocycles. The van der Waals surface area contributed by atoms with Crippen molar-refractivity contribution in [3.63, 3.8) is 0 Å². The van der Waals surface area contributed by atoms with E-state index in [2.05, 4.69) is 16.7 Å². The molecule has 152 valence electrons. The number of carbonyl (C=O) groups excluding carboxylic acids is 2. The molecule has 0 spiro atoms. The third-order valence-corrected chi connectivity index (χ3v) is 5.98.